The maximum absolute atomic E-state index is 12.5. The number of aromatic nitrogens is 2. The van der Waals surface area contributed by atoms with Gasteiger partial charge in [-0.15, -0.1) is 11.3 Å². The Morgan fingerprint density at radius 3 is 2.74 bits per heavy atom. The molecule has 0 aromatic carbocycles. The number of rotatable bonds is 4. The number of ether oxygens (including phenoxy) is 1. The lowest BCUT2D eigenvalue weighted by Crippen LogP contribution is -2.55. The van der Waals surface area contributed by atoms with Gasteiger partial charge in [0.15, 0.2) is 0 Å². The fourth-order valence-electron chi connectivity index (χ4n) is 5.05. The molecule has 0 aliphatic carbocycles. The molecular formula is C23H27N5O2S. The average Bonchev–Trinajstić information content (AvgIpc) is 3.22. The van der Waals surface area contributed by atoms with Crippen molar-refractivity contribution in [2.24, 2.45) is 5.92 Å². The normalized spacial score (nSPS) is 20.8. The highest BCUT2D eigenvalue weighted by Gasteiger charge is 2.42. The van der Waals surface area contributed by atoms with Crippen molar-refractivity contribution in [3.05, 3.63) is 45.2 Å². The summed E-state index contributed by atoms with van der Waals surface area (Å²) in [6, 6.07) is 4.27. The second-order valence-electron chi connectivity index (χ2n) is 8.78. The van der Waals surface area contributed by atoms with Crippen molar-refractivity contribution < 1.29 is 9.53 Å². The van der Waals surface area contributed by atoms with Crippen molar-refractivity contribution in [3.63, 3.8) is 0 Å². The van der Waals surface area contributed by atoms with E-state index >= 15 is 0 Å². The molecule has 0 saturated carbocycles. The molecule has 3 aliphatic rings. The molecule has 2 fully saturated rings. The highest BCUT2D eigenvalue weighted by atomic mass is 32.1. The molecule has 2 saturated heterocycles. The van der Waals surface area contributed by atoms with E-state index in [0.29, 0.717) is 11.5 Å². The van der Waals surface area contributed by atoms with Crippen molar-refractivity contribution in [1.29, 1.82) is 5.26 Å². The highest BCUT2D eigenvalue weighted by molar-refractivity contribution is 7.12. The first-order valence-corrected chi connectivity index (χ1v) is 11.9. The molecule has 0 unspecified atom stereocenters. The Morgan fingerprint density at radius 1 is 1.32 bits per heavy atom. The summed E-state index contributed by atoms with van der Waals surface area (Å²) in [5.41, 5.74) is 1.83. The van der Waals surface area contributed by atoms with Gasteiger partial charge in [-0.25, -0.2) is 9.97 Å². The van der Waals surface area contributed by atoms with Gasteiger partial charge >= 0.3 is 0 Å². The third-order valence-electron chi connectivity index (χ3n) is 6.83. The molecule has 7 nitrogen and oxygen atoms in total. The number of aryl methyl sites for hydroxylation is 1. The fraction of sp³-hybridized carbons (Fsp3) is 0.565. The van der Waals surface area contributed by atoms with Crippen molar-refractivity contribution >= 4 is 17.2 Å². The zero-order valence-corrected chi connectivity index (χ0v) is 18.7. The van der Waals surface area contributed by atoms with E-state index in [9.17, 15) is 4.79 Å². The van der Waals surface area contributed by atoms with Crippen LogP contribution in [0.25, 0.3) is 0 Å². The monoisotopic (exact) mass is 437 g/mol. The number of thiophene rings is 1. The van der Waals surface area contributed by atoms with Gasteiger partial charge < -0.3 is 14.5 Å². The molecule has 0 bridgehead atoms. The molecule has 5 rings (SSSR count). The van der Waals surface area contributed by atoms with E-state index in [1.165, 1.54) is 27.7 Å². The number of carbonyl (C=O) groups excluding carboxylic acids is 1. The average molecular weight is 438 g/mol. The quantitative estimate of drug-likeness (QED) is 0.731. The van der Waals surface area contributed by atoms with Gasteiger partial charge in [0.1, 0.15) is 6.07 Å². The van der Waals surface area contributed by atoms with Crippen LogP contribution in [0.4, 0.5) is 0 Å². The van der Waals surface area contributed by atoms with Gasteiger partial charge in [-0.3, -0.25) is 4.79 Å². The van der Waals surface area contributed by atoms with Gasteiger partial charge in [0, 0.05) is 67.2 Å². The SMILES string of the molecule is CCc1cc2c(s1)CCOC21CCN(CC2CN(C(=O)c3cnc(C#N)nc3)C2)CC1. The molecule has 1 amide bonds. The standard InChI is InChI=1S/C23H27N5O2S/c1-2-18-9-19-20(31-18)3-8-30-23(19)4-6-27(7-5-23)13-16-14-28(15-16)22(29)17-11-25-21(10-24)26-12-17/h9,11-12,16H,2-8,13-15H2,1H3. The topological polar surface area (TPSA) is 82.4 Å². The van der Waals surface area contributed by atoms with Crippen LogP contribution in [0.15, 0.2) is 18.5 Å². The lowest BCUT2D eigenvalue weighted by Gasteiger charge is -2.47. The smallest absolute Gasteiger partial charge is 0.257 e. The Labute approximate surface area is 186 Å². The van der Waals surface area contributed by atoms with Gasteiger partial charge in [0.25, 0.3) is 5.91 Å². The molecule has 31 heavy (non-hydrogen) atoms. The van der Waals surface area contributed by atoms with Crippen LogP contribution in [0.1, 0.15) is 51.3 Å². The van der Waals surface area contributed by atoms with E-state index in [1.807, 2.05) is 22.3 Å². The van der Waals surface area contributed by atoms with Crippen molar-refractivity contribution in [2.75, 3.05) is 39.3 Å². The molecule has 1 spiro atoms. The molecule has 0 radical (unpaired) electrons. The van der Waals surface area contributed by atoms with E-state index in [2.05, 4.69) is 27.9 Å². The zero-order valence-electron chi connectivity index (χ0n) is 17.8. The van der Waals surface area contributed by atoms with Gasteiger partial charge in [-0.05, 0) is 30.9 Å². The van der Waals surface area contributed by atoms with E-state index in [0.717, 1.165) is 65.0 Å². The predicted molar refractivity (Wildman–Crippen MR) is 117 cm³/mol. The van der Waals surface area contributed by atoms with Crippen LogP contribution in [0.5, 0.6) is 0 Å². The maximum Gasteiger partial charge on any atom is 0.257 e. The minimum atomic E-state index is -0.0782. The Hall–Kier alpha value is -2.34. The summed E-state index contributed by atoms with van der Waals surface area (Å²) in [5, 5.41) is 8.78. The van der Waals surface area contributed by atoms with Crippen LogP contribution >= 0.6 is 11.3 Å². The van der Waals surface area contributed by atoms with Crippen LogP contribution < -0.4 is 0 Å². The summed E-state index contributed by atoms with van der Waals surface area (Å²) < 4.78 is 6.39. The van der Waals surface area contributed by atoms with Crippen LogP contribution in [0.2, 0.25) is 0 Å². The minimum Gasteiger partial charge on any atom is -0.370 e. The number of carbonyl (C=O) groups is 1. The first kappa shape index (κ1) is 20.6. The number of fused-ring (bicyclic) bond motifs is 2. The van der Waals surface area contributed by atoms with Gasteiger partial charge in [0.2, 0.25) is 5.82 Å². The van der Waals surface area contributed by atoms with E-state index in [-0.39, 0.29) is 17.3 Å². The third kappa shape index (κ3) is 3.86. The number of likely N-dealkylation sites (tertiary alicyclic amines) is 2. The molecule has 0 N–H and O–H groups in total. The van der Waals surface area contributed by atoms with Gasteiger partial charge in [-0.2, -0.15) is 5.26 Å². The molecule has 2 aromatic heterocycles. The molecule has 8 heteroatoms. The summed E-state index contributed by atoms with van der Waals surface area (Å²) in [6.45, 7) is 7.73. The summed E-state index contributed by atoms with van der Waals surface area (Å²) in [4.78, 5) is 27.7. The van der Waals surface area contributed by atoms with Crippen LogP contribution in [-0.4, -0.2) is 65.0 Å². The lowest BCUT2D eigenvalue weighted by atomic mass is 9.82. The fourth-order valence-corrected chi connectivity index (χ4v) is 6.23. The summed E-state index contributed by atoms with van der Waals surface area (Å²) >= 11 is 1.97. The first-order valence-electron chi connectivity index (χ1n) is 11.1. The lowest BCUT2D eigenvalue weighted by molar-refractivity contribution is -0.1000. The molecular weight excluding hydrogens is 410 g/mol. The second-order valence-corrected chi connectivity index (χ2v) is 10.0. The number of amides is 1. The highest BCUT2D eigenvalue weighted by Crippen LogP contribution is 2.44. The van der Waals surface area contributed by atoms with Crippen LogP contribution in [0.3, 0.4) is 0 Å². The molecule has 0 atom stereocenters. The summed E-state index contributed by atoms with van der Waals surface area (Å²) in [7, 11) is 0. The Morgan fingerprint density at radius 2 is 2.06 bits per heavy atom. The Kier molecular flexibility index (Phi) is 5.51. The van der Waals surface area contributed by atoms with E-state index < -0.39 is 0 Å². The van der Waals surface area contributed by atoms with E-state index in [4.69, 9.17) is 10.00 Å². The molecule has 3 aliphatic heterocycles. The number of hydrogen-bond donors (Lipinski definition) is 0. The van der Waals surface area contributed by atoms with Crippen molar-refractivity contribution in [2.45, 2.75) is 38.2 Å². The number of nitriles is 1. The van der Waals surface area contributed by atoms with Gasteiger partial charge in [-0.1, -0.05) is 6.92 Å². The second kappa shape index (κ2) is 8.30. The summed E-state index contributed by atoms with van der Waals surface area (Å²) in [6.07, 6.45) is 7.15. The Balaban J connectivity index is 1.13. The predicted octanol–water partition coefficient (Wildman–Crippen LogP) is 2.61. The van der Waals surface area contributed by atoms with Crippen molar-refractivity contribution in [1.82, 2.24) is 19.8 Å². The number of nitrogens with zero attached hydrogens (tertiary/aromatic N) is 5. The van der Waals surface area contributed by atoms with Crippen LogP contribution in [0, 0.1) is 17.2 Å². The summed E-state index contributed by atoms with van der Waals surface area (Å²) in [5.74, 6) is 0.543. The van der Waals surface area contributed by atoms with E-state index in [1.54, 1.807) is 0 Å². The molecule has 2 aromatic rings. The Bertz CT molecular complexity index is 998. The van der Waals surface area contributed by atoms with Crippen LogP contribution in [-0.2, 0) is 23.2 Å². The molecule has 5 heterocycles. The first-order chi connectivity index (χ1) is 15.1. The maximum atomic E-state index is 12.5. The minimum absolute atomic E-state index is 0.0503. The number of piperidine rings is 1. The molecule has 162 valence electrons. The zero-order chi connectivity index (χ0) is 21.4. The number of hydrogen-bond acceptors (Lipinski definition) is 7. The van der Waals surface area contributed by atoms with Gasteiger partial charge in [0.05, 0.1) is 17.8 Å². The van der Waals surface area contributed by atoms with Crippen molar-refractivity contribution in [3.8, 4) is 6.07 Å². The largest absolute Gasteiger partial charge is 0.370 e. The third-order valence-corrected chi connectivity index (χ3v) is 8.17.